The van der Waals surface area contributed by atoms with Crippen LogP contribution in [0.4, 0.5) is 0 Å². The van der Waals surface area contributed by atoms with Crippen molar-refractivity contribution in [3.05, 3.63) is 65.0 Å². The lowest BCUT2D eigenvalue weighted by molar-refractivity contribution is 0.0911. The highest BCUT2D eigenvalue weighted by atomic mass is 16.1. The number of hydrogen-bond donors (Lipinski definition) is 1. The number of benzene rings is 1. The van der Waals surface area contributed by atoms with E-state index in [1.165, 1.54) is 11.1 Å². The van der Waals surface area contributed by atoms with Gasteiger partial charge in [0.2, 0.25) is 0 Å². The summed E-state index contributed by atoms with van der Waals surface area (Å²) in [7, 11) is 0. The SMILES string of the molecule is Cc1cccc(C(=O)NC2CCN(CCc3ccncc3)CC2)c1C. The molecule has 0 unspecified atom stereocenters. The van der Waals surface area contributed by atoms with Gasteiger partial charge in [0, 0.05) is 43.6 Å². The molecule has 1 N–H and O–H groups in total. The van der Waals surface area contributed by atoms with Crippen LogP contribution in [0.1, 0.15) is 39.9 Å². The maximum Gasteiger partial charge on any atom is 0.251 e. The standard InChI is InChI=1S/C21H27N3O/c1-16-4-3-5-20(17(16)2)21(25)23-19-9-14-24(15-10-19)13-8-18-6-11-22-12-7-18/h3-7,11-12,19H,8-10,13-15H2,1-2H3,(H,23,25). The minimum Gasteiger partial charge on any atom is -0.349 e. The molecule has 1 aromatic carbocycles. The maximum atomic E-state index is 12.5. The lowest BCUT2D eigenvalue weighted by Gasteiger charge is -2.32. The van der Waals surface area contributed by atoms with Crippen LogP contribution in [0.3, 0.4) is 0 Å². The van der Waals surface area contributed by atoms with Gasteiger partial charge >= 0.3 is 0 Å². The Labute approximate surface area is 150 Å². The monoisotopic (exact) mass is 337 g/mol. The molecule has 1 fully saturated rings. The second-order valence-corrected chi connectivity index (χ2v) is 6.94. The number of piperidine rings is 1. The van der Waals surface area contributed by atoms with Crippen molar-refractivity contribution in [1.82, 2.24) is 15.2 Å². The van der Waals surface area contributed by atoms with Crippen molar-refractivity contribution in [3.8, 4) is 0 Å². The predicted molar refractivity (Wildman–Crippen MR) is 101 cm³/mol. The smallest absolute Gasteiger partial charge is 0.251 e. The number of nitrogens with one attached hydrogen (secondary N) is 1. The van der Waals surface area contributed by atoms with Crippen molar-refractivity contribution < 1.29 is 4.79 Å². The van der Waals surface area contributed by atoms with Crippen LogP contribution in [0.2, 0.25) is 0 Å². The zero-order valence-corrected chi connectivity index (χ0v) is 15.2. The van der Waals surface area contributed by atoms with Gasteiger partial charge in [0.1, 0.15) is 0 Å². The molecule has 0 spiro atoms. The Morgan fingerprint density at radius 3 is 2.60 bits per heavy atom. The first-order valence-corrected chi connectivity index (χ1v) is 9.12. The fourth-order valence-electron chi connectivity index (χ4n) is 3.40. The van der Waals surface area contributed by atoms with Gasteiger partial charge in [0.15, 0.2) is 0 Å². The summed E-state index contributed by atoms with van der Waals surface area (Å²) >= 11 is 0. The van der Waals surface area contributed by atoms with Gasteiger partial charge in [0.25, 0.3) is 5.91 Å². The van der Waals surface area contributed by atoms with Crippen LogP contribution in [0.5, 0.6) is 0 Å². The molecule has 0 radical (unpaired) electrons. The fourth-order valence-corrected chi connectivity index (χ4v) is 3.40. The molecule has 1 aliphatic heterocycles. The molecule has 1 aromatic heterocycles. The number of nitrogens with zero attached hydrogens (tertiary/aromatic N) is 2. The molecule has 2 aromatic rings. The third kappa shape index (κ3) is 4.67. The van der Waals surface area contributed by atoms with E-state index < -0.39 is 0 Å². The predicted octanol–water partition coefficient (Wildman–Crippen LogP) is 3.14. The number of pyridine rings is 1. The van der Waals surface area contributed by atoms with Crippen LogP contribution < -0.4 is 5.32 Å². The van der Waals surface area contributed by atoms with Crippen molar-refractivity contribution >= 4 is 5.91 Å². The molecular weight excluding hydrogens is 310 g/mol. The molecule has 4 nitrogen and oxygen atoms in total. The van der Waals surface area contributed by atoms with Gasteiger partial charge in [-0.3, -0.25) is 9.78 Å². The second kappa shape index (κ2) is 8.26. The summed E-state index contributed by atoms with van der Waals surface area (Å²) in [5, 5.41) is 3.22. The number of rotatable bonds is 5. The minimum absolute atomic E-state index is 0.0661. The highest BCUT2D eigenvalue weighted by Gasteiger charge is 2.21. The summed E-state index contributed by atoms with van der Waals surface area (Å²) in [6.45, 7) is 7.23. The van der Waals surface area contributed by atoms with Crippen LogP contribution >= 0.6 is 0 Å². The van der Waals surface area contributed by atoms with Gasteiger partial charge in [-0.1, -0.05) is 12.1 Å². The first-order chi connectivity index (χ1) is 12.1. The summed E-state index contributed by atoms with van der Waals surface area (Å²) in [6, 6.07) is 10.4. The molecule has 0 saturated carbocycles. The van der Waals surface area contributed by atoms with Gasteiger partial charge < -0.3 is 10.2 Å². The largest absolute Gasteiger partial charge is 0.349 e. The van der Waals surface area contributed by atoms with E-state index in [9.17, 15) is 4.79 Å². The molecule has 0 atom stereocenters. The van der Waals surface area contributed by atoms with Crippen LogP contribution in [0, 0.1) is 13.8 Å². The molecular formula is C21H27N3O. The molecule has 25 heavy (non-hydrogen) atoms. The van der Waals surface area contributed by atoms with Crippen molar-refractivity contribution in [2.45, 2.75) is 39.2 Å². The van der Waals surface area contributed by atoms with Gasteiger partial charge in [-0.15, -0.1) is 0 Å². The quantitative estimate of drug-likeness (QED) is 0.912. The third-order valence-electron chi connectivity index (χ3n) is 5.24. The average Bonchev–Trinajstić information content (AvgIpc) is 2.64. The molecule has 4 heteroatoms. The van der Waals surface area contributed by atoms with Crippen molar-refractivity contribution in [2.24, 2.45) is 0 Å². The normalized spacial score (nSPS) is 15.9. The van der Waals surface area contributed by atoms with E-state index in [0.29, 0.717) is 0 Å². The fraction of sp³-hybridized carbons (Fsp3) is 0.429. The minimum atomic E-state index is 0.0661. The van der Waals surface area contributed by atoms with E-state index in [4.69, 9.17) is 0 Å². The van der Waals surface area contributed by atoms with Gasteiger partial charge in [0.05, 0.1) is 0 Å². The number of carbonyl (C=O) groups excluding carboxylic acids is 1. The van der Waals surface area contributed by atoms with E-state index in [2.05, 4.69) is 27.3 Å². The highest BCUT2D eigenvalue weighted by molar-refractivity contribution is 5.96. The number of carbonyl (C=O) groups is 1. The van der Waals surface area contributed by atoms with Crippen LogP contribution in [0.25, 0.3) is 0 Å². The first-order valence-electron chi connectivity index (χ1n) is 9.12. The van der Waals surface area contributed by atoms with E-state index in [1.807, 2.05) is 44.4 Å². The maximum absolute atomic E-state index is 12.5. The summed E-state index contributed by atoms with van der Waals surface area (Å²) < 4.78 is 0. The molecule has 1 saturated heterocycles. The van der Waals surface area contributed by atoms with Crippen LogP contribution in [-0.4, -0.2) is 41.5 Å². The zero-order chi connectivity index (χ0) is 17.6. The molecule has 0 aliphatic carbocycles. The Balaban J connectivity index is 1.46. The molecule has 2 heterocycles. The van der Waals surface area contributed by atoms with Gasteiger partial charge in [-0.05, 0) is 68.0 Å². The van der Waals surface area contributed by atoms with E-state index >= 15 is 0 Å². The lowest BCUT2D eigenvalue weighted by atomic mass is 10.0. The number of aromatic nitrogens is 1. The van der Waals surface area contributed by atoms with Crippen LogP contribution in [-0.2, 0) is 6.42 Å². The highest BCUT2D eigenvalue weighted by Crippen LogP contribution is 2.15. The van der Waals surface area contributed by atoms with Crippen LogP contribution in [0.15, 0.2) is 42.7 Å². The van der Waals surface area contributed by atoms with Crippen molar-refractivity contribution in [1.29, 1.82) is 0 Å². The van der Waals surface area contributed by atoms with E-state index in [0.717, 1.165) is 50.0 Å². The Morgan fingerprint density at radius 1 is 1.16 bits per heavy atom. The summed E-state index contributed by atoms with van der Waals surface area (Å²) in [5.41, 5.74) is 4.38. The first kappa shape index (κ1) is 17.6. The third-order valence-corrected chi connectivity index (χ3v) is 5.24. The average molecular weight is 337 g/mol. The Bertz CT molecular complexity index is 706. The van der Waals surface area contributed by atoms with E-state index in [1.54, 1.807) is 0 Å². The Hall–Kier alpha value is -2.20. The summed E-state index contributed by atoms with van der Waals surface area (Å²) in [5.74, 6) is 0.0661. The summed E-state index contributed by atoms with van der Waals surface area (Å²) in [6.07, 6.45) is 6.80. The molecule has 132 valence electrons. The molecule has 1 aliphatic rings. The van der Waals surface area contributed by atoms with Crippen molar-refractivity contribution in [2.75, 3.05) is 19.6 Å². The Kier molecular flexibility index (Phi) is 5.82. The molecule has 1 amide bonds. The molecule has 0 bridgehead atoms. The second-order valence-electron chi connectivity index (χ2n) is 6.94. The number of likely N-dealkylation sites (tertiary alicyclic amines) is 1. The topological polar surface area (TPSA) is 45.2 Å². The summed E-state index contributed by atoms with van der Waals surface area (Å²) in [4.78, 5) is 19.1. The number of aryl methyl sites for hydroxylation is 1. The van der Waals surface area contributed by atoms with Gasteiger partial charge in [-0.2, -0.15) is 0 Å². The van der Waals surface area contributed by atoms with Gasteiger partial charge in [-0.25, -0.2) is 0 Å². The number of hydrogen-bond acceptors (Lipinski definition) is 3. The number of amides is 1. The zero-order valence-electron chi connectivity index (χ0n) is 15.2. The van der Waals surface area contributed by atoms with E-state index in [-0.39, 0.29) is 11.9 Å². The molecule has 3 rings (SSSR count). The lowest BCUT2D eigenvalue weighted by Crippen LogP contribution is -2.45. The van der Waals surface area contributed by atoms with Crippen molar-refractivity contribution in [3.63, 3.8) is 0 Å². The Morgan fingerprint density at radius 2 is 1.88 bits per heavy atom.